The summed E-state index contributed by atoms with van der Waals surface area (Å²) in [6.45, 7) is 13.4. The molecule has 0 saturated carbocycles. The van der Waals surface area contributed by atoms with E-state index in [4.69, 9.17) is 0 Å². The Hall–Kier alpha value is -2.06. The SMILES string of the molecule is CC(C)(C)c1ccc(S(C)(c2ccc(F)cc2)c2ccc(C(C)(C)C)cc2)cc1. The molecule has 0 bridgehead atoms. The van der Waals surface area contributed by atoms with E-state index in [0.29, 0.717) is 0 Å². The molecule has 0 atom stereocenters. The molecule has 154 valence electrons. The minimum atomic E-state index is -1.48. The molecule has 3 aromatic carbocycles. The number of benzene rings is 3. The van der Waals surface area contributed by atoms with Crippen LogP contribution in [0.5, 0.6) is 0 Å². The average Bonchev–Trinajstić information content (AvgIpc) is 2.67. The van der Waals surface area contributed by atoms with Crippen LogP contribution in [0.15, 0.2) is 87.5 Å². The lowest BCUT2D eigenvalue weighted by molar-refractivity contribution is 0.589. The van der Waals surface area contributed by atoms with Crippen molar-refractivity contribution in [1.82, 2.24) is 0 Å². The first kappa shape index (κ1) is 21.6. The van der Waals surface area contributed by atoms with Gasteiger partial charge >= 0.3 is 0 Å². The van der Waals surface area contributed by atoms with Gasteiger partial charge < -0.3 is 0 Å². The van der Waals surface area contributed by atoms with E-state index in [1.165, 1.54) is 25.8 Å². The zero-order valence-electron chi connectivity index (χ0n) is 18.7. The standard InChI is InChI=1S/C27H33FS/c1-26(2,3)20-8-14-23(15-9-20)29(7,25-18-12-22(28)13-19-25)24-16-10-21(11-17-24)27(4,5)6/h8-19H,1-7H3. The third-order valence-corrected chi connectivity index (χ3v) is 9.31. The van der Waals surface area contributed by atoms with Crippen molar-refractivity contribution >= 4 is 10.0 Å². The molecule has 0 spiro atoms. The smallest absolute Gasteiger partial charge is 0.123 e. The van der Waals surface area contributed by atoms with E-state index in [1.54, 1.807) is 12.1 Å². The van der Waals surface area contributed by atoms with Gasteiger partial charge in [-0.15, -0.1) is 0 Å². The van der Waals surface area contributed by atoms with Crippen LogP contribution in [-0.4, -0.2) is 6.26 Å². The summed E-state index contributed by atoms with van der Waals surface area (Å²) in [5, 5.41) is 0. The van der Waals surface area contributed by atoms with E-state index in [9.17, 15) is 4.39 Å². The summed E-state index contributed by atoms with van der Waals surface area (Å²) in [7, 11) is -1.48. The van der Waals surface area contributed by atoms with Crippen LogP contribution in [0.3, 0.4) is 0 Å². The van der Waals surface area contributed by atoms with Gasteiger partial charge in [0.05, 0.1) is 0 Å². The van der Waals surface area contributed by atoms with Crippen LogP contribution >= 0.6 is 10.0 Å². The Morgan fingerprint density at radius 2 is 0.793 bits per heavy atom. The summed E-state index contributed by atoms with van der Waals surface area (Å²) in [4.78, 5) is 3.76. The number of rotatable bonds is 3. The van der Waals surface area contributed by atoms with Crippen molar-refractivity contribution in [3.63, 3.8) is 0 Å². The van der Waals surface area contributed by atoms with E-state index in [2.05, 4.69) is 96.3 Å². The van der Waals surface area contributed by atoms with E-state index in [1.807, 2.05) is 12.1 Å². The lowest BCUT2D eigenvalue weighted by Gasteiger charge is -2.38. The summed E-state index contributed by atoms with van der Waals surface area (Å²) in [6.07, 6.45) is 2.32. The highest BCUT2D eigenvalue weighted by Gasteiger charge is 2.27. The molecule has 29 heavy (non-hydrogen) atoms. The zero-order valence-corrected chi connectivity index (χ0v) is 19.5. The van der Waals surface area contributed by atoms with Gasteiger partial charge in [0.15, 0.2) is 0 Å². The highest BCUT2D eigenvalue weighted by atomic mass is 32.3. The van der Waals surface area contributed by atoms with Crippen molar-refractivity contribution in [3.8, 4) is 0 Å². The van der Waals surface area contributed by atoms with E-state index < -0.39 is 10.0 Å². The molecule has 0 N–H and O–H groups in total. The van der Waals surface area contributed by atoms with Crippen molar-refractivity contribution in [3.05, 3.63) is 89.7 Å². The van der Waals surface area contributed by atoms with E-state index in [-0.39, 0.29) is 16.6 Å². The Labute approximate surface area is 177 Å². The van der Waals surface area contributed by atoms with Crippen molar-refractivity contribution in [2.45, 2.75) is 67.1 Å². The summed E-state index contributed by atoms with van der Waals surface area (Å²) in [6, 6.07) is 25.1. The highest BCUT2D eigenvalue weighted by molar-refractivity contribution is 8.33. The normalized spacial score (nSPS) is 13.4. The number of hydrogen-bond acceptors (Lipinski definition) is 0. The number of hydrogen-bond donors (Lipinski definition) is 0. The Morgan fingerprint density at radius 3 is 1.07 bits per heavy atom. The molecular formula is C27H33FS. The quantitative estimate of drug-likeness (QED) is 0.408. The van der Waals surface area contributed by atoms with Crippen LogP contribution in [0.2, 0.25) is 0 Å². The van der Waals surface area contributed by atoms with Crippen LogP contribution in [-0.2, 0) is 10.8 Å². The third-order valence-electron chi connectivity index (χ3n) is 5.67. The molecule has 0 saturated heterocycles. The van der Waals surface area contributed by atoms with Crippen LogP contribution in [0, 0.1) is 5.82 Å². The Bertz CT molecular complexity index is 896. The minimum Gasteiger partial charge on any atom is -0.207 e. The first-order valence-corrected chi connectivity index (χ1v) is 12.2. The molecule has 0 amide bonds. The fraction of sp³-hybridized carbons (Fsp3) is 0.333. The fourth-order valence-electron chi connectivity index (χ4n) is 3.57. The lowest BCUT2D eigenvalue weighted by Crippen LogP contribution is -2.12. The summed E-state index contributed by atoms with van der Waals surface area (Å²) < 4.78 is 13.7. The Kier molecular flexibility index (Phi) is 5.71. The summed E-state index contributed by atoms with van der Waals surface area (Å²) in [5.74, 6) is -0.193. The van der Waals surface area contributed by atoms with E-state index in [0.717, 1.165) is 0 Å². The van der Waals surface area contributed by atoms with Crippen molar-refractivity contribution in [2.24, 2.45) is 0 Å². The number of halogens is 1. The van der Waals surface area contributed by atoms with Crippen molar-refractivity contribution in [1.29, 1.82) is 0 Å². The van der Waals surface area contributed by atoms with Gasteiger partial charge in [0, 0.05) is 0 Å². The average molecular weight is 409 g/mol. The lowest BCUT2D eigenvalue weighted by atomic mass is 9.87. The minimum absolute atomic E-state index is 0.120. The topological polar surface area (TPSA) is 0 Å². The molecule has 0 nitrogen and oxygen atoms in total. The van der Waals surface area contributed by atoms with Crippen LogP contribution < -0.4 is 0 Å². The molecule has 0 unspecified atom stereocenters. The first-order valence-electron chi connectivity index (χ1n) is 10.2. The maximum atomic E-state index is 13.7. The Balaban J connectivity index is 2.16. The highest BCUT2D eigenvalue weighted by Crippen LogP contribution is 2.65. The molecule has 3 rings (SSSR count). The van der Waals surface area contributed by atoms with Gasteiger partial charge in [0.25, 0.3) is 0 Å². The monoisotopic (exact) mass is 408 g/mol. The largest absolute Gasteiger partial charge is 0.207 e. The summed E-state index contributed by atoms with van der Waals surface area (Å²) >= 11 is 0. The molecule has 3 aromatic rings. The van der Waals surface area contributed by atoms with Crippen LogP contribution in [0.1, 0.15) is 52.7 Å². The molecule has 2 heteroatoms. The van der Waals surface area contributed by atoms with Gasteiger partial charge in [-0.05, 0) is 91.4 Å². The molecule has 0 radical (unpaired) electrons. The second-order valence-electron chi connectivity index (χ2n) is 9.92. The fourth-order valence-corrected chi connectivity index (χ4v) is 6.43. The van der Waals surface area contributed by atoms with E-state index >= 15 is 0 Å². The predicted molar refractivity (Wildman–Crippen MR) is 125 cm³/mol. The molecule has 0 heterocycles. The second-order valence-corrected chi connectivity index (χ2v) is 13.2. The first-order chi connectivity index (χ1) is 13.4. The maximum Gasteiger partial charge on any atom is 0.123 e. The van der Waals surface area contributed by atoms with Gasteiger partial charge in [0.2, 0.25) is 0 Å². The van der Waals surface area contributed by atoms with Gasteiger partial charge in [0.1, 0.15) is 5.82 Å². The van der Waals surface area contributed by atoms with Gasteiger partial charge in [-0.2, -0.15) is 10.0 Å². The molecule has 0 aliphatic carbocycles. The molecule has 0 aliphatic rings. The van der Waals surface area contributed by atoms with Gasteiger partial charge in [-0.25, -0.2) is 4.39 Å². The molecule has 0 aliphatic heterocycles. The van der Waals surface area contributed by atoms with Crippen LogP contribution in [0.25, 0.3) is 0 Å². The molecule has 0 fully saturated rings. The maximum absolute atomic E-state index is 13.7. The second kappa shape index (κ2) is 7.65. The van der Waals surface area contributed by atoms with Crippen molar-refractivity contribution in [2.75, 3.05) is 6.26 Å². The van der Waals surface area contributed by atoms with Gasteiger partial charge in [-0.3, -0.25) is 0 Å². The van der Waals surface area contributed by atoms with Crippen LogP contribution in [0.4, 0.5) is 4.39 Å². The van der Waals surface area contributed by atoms with Crippen molar-refractivity contribution < 1.29 is 4.39 Å². The predicted octanol–water partition coefficient (Wildman–Crippen LogP) is 8.33. The Morgan fingerprint density at radius 1 is 0.517 bits per heavy atom. The van der Waals surface area contributed by atoms with Gasteiger partial charge in [-0.1, -0.05) is 65.8 Å². The summed E-state index contributed by atoms with van der Waals surface area (Å²) in [5.41, 5.74) is 2.89. The zero-order chi connectivity index (χ0) is 21.4. The molecule has 0 aromatic heterocycles. The third kappa shape index (κ3) is 4.43. The molecular weight excluding hydrogens is 375 g/mol.